The van der Waals surface area contributed by atoms with Crippen molar-refractivity contribution in [1.82, 2.24) is 25.7 Å². The number of ether oxygens (including phenoxy) is 1. The third kappa shape index (κ3) is 4.48. The lowest BCUT2D eigenvalue weighted by Crippen LogP contribution is -2.56. The summed E-state index contributed by atoms with van der Waals surface area (Å²) in [6, 6.07) is -1.24. The fourth-order valence-electron chi connectivity index (χ4n) is 1.92. The van der Waals surface area contributed by atoms with Crippen molar-refractivity contribution in [2.75, 3.05) is 32.9 Å². The van der Waals surface area contributed by atoms with Crippen molar-refractivity contribution in [2.45, 2.75) is 6.04 Å². The number of amides is 2. The van der Waals surface area contributed by atoms with Gasteiger partial charge in [0.15, 0.2) is 0 Å². The molecule has 0 radical (unpaired) electrons. The standard InChI is InChI=1S/C12H17N5O6/c18-6-8(11(21)16-17-1-3-23-4-2-17)14-9(19)7-5-13-12(22)15-10(7)20/h5,8,18H,1-4,6H2,(H,14,19)(H,16,21)(H2,13,15,20,22)/t8-/m0/s1. The topological polar surface area (TPSA) is 157 Å². The summed E-state index contributed by atoms with van der Waals surface area (Å²) >= 11 is 0. The normalized spacial score (nSPS) is 16.6. The number of hydrogen-bond acceptors (Lipinski definition) is 7. The molecule has 11 heteroatoms. The lowest BCUT2D eigenvalue weighted by molar-refractivity contribution is -0.130. The molecule has 0 unspecified atom stereocenters. The van der Waals surface area contributed by atoms with Gasteiger partial charge >= 0.3 is 5.69 Å². The van der Waals surface area contributed by atoms with E-state index in [9.17, 15) is 24.3 Å². The Hall–Kier alpha value is -2.50. The quantitative estimate of drug-likeness (QED) is 0.376. The number of aliphatic hydroxyl groups excluding tert-OH is 1. The van der Waals surface area contributed by atoms with Gasteiger partial charge in [0, 0.05) is 19.3 Å². The van der Waals surface area contributed by atoms with Gasteiger partial charge < -0.3 is 20.1 Å². The summed E-state index contributed by atoms with van der Waals surface area (Å²) in [5.41, 5.74) is 0.527. The fourth-order valence-corrected chi connectivity index (χ4v) is 1.92. The molecule has 5 N–H and O–H groups in total. The average molecular weight is 327 g/mol. The molecule has 2 rings (SSSR count). The summed E-state index contributed by atoms with van der Waals surface area (Å²) in [5.74, 6) is -1.51. The van der Waals surface area contributed by atoms with Crippen LogP contribution < -0.4 is 22.0 Å². The van der Waals surface area contributed by atoms with Gasteiger partial charge in [-0.1, -0.05) is 0 Å². The SMILES string of the molecule is O=C(N[C@@H](CO)C(=O)NN1CCOCC1)c1c[nH]c(=O)[nH]c1=O. The Labute approximate surface area is 129 Å². The first-order chi connectivity index (χ1) is 11.0. The summed E-state index contributed by atoms with van der Waals surface area (Å²) in [6.45, 7) is 1.24. The van der Waals surface area contributed by atoms with Gasteiger partial charge in [-0.05, 0) is 0 Å². The van der Waals surface area contributed by atoms with Crippen LogP contribution in [0.5, 0.6) is 0 Å². The molecule has 1 aliphatic heterocycles. The van der Waals surface area contributed by atoms with Crippen LogP contribution in [0.2, 0.25) is 0 Å². The molecule has 0 saturated carbocycles. The van der Waals surface area contributed by atoms with Gasteiger partial charge in [-0.3, -0.25) is 24.8 Å². The van der Waals surface area contributed by atoms with E-state index in [0.717, 1.165) is 6.20 Å². The van der Waals surface area contributed by atoms with E-state index in [-0.39, 0.29) is 5.56 Å². The molecule has 0 aromatic carbocycles. The van der Waals surface area contributed by atoms with Gasteiger partial charge in [0.2, 0.25) is 0 Å². The minimum Gasteiger partial charge on any atom is -0.394 e. The van der Waals surface area contributed by atoms with E-state index >= 15 is 0 Å². The summed E-state index contributed by atoms with van der Waals surface area (Å²) in [5, 5.41) is 13.1. The number of H-pyrrole nitrogens is 2. The van der Waals surface area contributed by atoms with Crippen LogP contribution in [0.1, 0.15) is 10.4 Å². The van der Waals surface area contributed by atoms with E-state index in [0.29, 0.717) is 26.3 Å². The zero-order chi connectivity index (χ0) is 16.8. The van der Waals surface area contributed by atoms with Crippen LogP contribution >= 0.6 is 0 Å². The summed E-state index contributed by atoms with van der Waals surface area (Å²) in [7, 11) is 0. The second-order valence-corrected chi connectivity index (χ2v) is 4.77. The molecule has 11 nitrogen and oxygen atoms in total. The van der Waals surface area contributed by atoms with Gasteiger partial charge in [0.25, 0.3) is 17.4 Å². The number of nitrogens with one attached hydrogen (secondary N) is 4. The van der Waals surface area contributed by atoms with Crippen LogP contribution in [0, 0.1) is 0 Å². The number of carbonyl (C=O) groups is 2. The predicted molar refractivity (Wildman–Crippen MR) is 76.6 cm³/mol. The molecular formula is C12H17N5O6. The van der Waals surface area contributed by atoms with Crippen molar-refractivity contribution < 1.29 is 19.4 Å². The lowest BCUT2D eigenvalue weighted by Gasteiger charge is -2.28. The number of aromatic nitrogens is 2. The molecule has 2 heterocycles. The third-order valence-corrected chi connectivity index (χ3v) is 3.15. The largest absolute Gasteiger partial charge is 0.394 e. The van der Waals surface area contributed by atoms with Crippen LogP contribution in [0.25, 0.3) is 0 Å². The van der Waals surface area contributed by atoms with E-state index in [1.807, 2.05) is 4.98 Å². The summed E-state index contributed by atoms with van der Waals surface area (Å²) in [4.78, 5) is 50.5. The van der Waals surface area contributed by atoms with Gasteiger partial charge in [-0.15, -0.1) is 0 Å². The monoisotopic (exact) mass is 327 g/mol. The number of carbonyl (C=O) groups excluding carboxylic acids is 2. The number of aliphatic hydroxyl groups is 1. The molecule has 126 valence electrons. The summed E-state index contributed by atoms with van der Waals surface area (Å²) in [6.07, 6.45) is 0.935. The molecular weight excluding hydrogens is 310 g/mol. The first kappa shape index (κ1) is 16.9. The third-order valence-electron chi connectivity index (χ3n) is 3.15. The van der Waals surface area contributed by atoms with E-state index in [2.05, 4.69) is 15.7 Å². The lowest BCUT2D eigenvalue weighted by atomic mass is 10.2. The molecule has 0 bridgehead atoms. The minimum atomic E-state index is -1.24. The van der Waals surface area contributed by atoms with E-state index < -0.39 is 35.7 Å². The van der Waals surface area contributed by atoms with Crippen LogP contribution in [0.15, 0.2) is 15.8 Å². The van der Waals surface area contributed by atoms with Crippen molar-refractivity contribution in [1.29, 1.82) is 0 Å². The number of nitrogens with zero attached hydrogens (tertiary/aromatic N) is 1. The first-order valence-corrected chi connectivity index (χ1v) is 6.88. The Balaban J connectivity index is 2.00. The smallest absolute Gasteiger partial charge is 0.325 e. The van der Waals surface area contributed by atoms with Crippen LogP contribution in [-0.2, 0) is 9.53 Å². The fraction of sp³-hybridized carbons (Fsp3) is 0.500. The molecule has 1 atom stereocenters. The van der Waals surface area contributed by atoms with Gasteiger partial charge in [0.05, 0.1) is 19.8 Å². The number of rotatable bonds is 5. The van der Waals surface area contributed by atoms with Crippen LogP contribution in [0.3, 0.4) is 0 Å². The molecule has 1 aliphatic rings. The Morgan fingerprint density at radius 3 is 2.65 bits per heavy atom. The van der Waals surface area contributed by atoms with Gasteiger partial charge in [-0.25, -0.2) is 9.80 Å². The highest BCUT2D eigenvalue weighted by Crippen LogP contribution is 1.95. The molecule has 1 fully saturated rings. The van der Waals surface area contributed by atoms with Crippen molar-refractivity contribution in [3.63, 3.8) is 0 Å². The molecule has 23 heavy (non-hydrogen) atoms. The zero-order valence-electron chi connectivity index (χ0n) is 12.1. The van der Waals surface area contributed by atoms with Crippen molar-refractivity contribution in [2.24, 2.45) is 0 Å². The van der Waals surface area contributed by atoms with Crippen molar-refractivity contribution in [3.05, 3.63) is 32.6 Å². The average Bonchev–Trinajstić information content (AvgIpc) is 2.53. The second-order valence-electron chi connectivity index (χ2n) is 4.77. The van der Waals surface area contributed by atoms with E-state index in [1.54, 1.807) is 5.01 Å². The first-order valence-electron chi connectivity index (χ1n) is 6.88. The number of hydrogen-bond donors (Lipinski definition) is 5. The molecule has 2 amide bonds. The van der Waals surface area contributed by atoms with Crippen molar-refractivity contribution in [3.8, 4) is 0 Å². The number of hydrazine groups is 1. The minimum absolute atomic E-state index is 0.373. The van der Waals surface area contributed by atoms with E-state index in [4.69, 9.17) is 4.74 Å². The Kier molecular flexibility index (Phi) is 5.62. The second kappa shape index (κ2) is 7.67. The highest BCUT2D eigenvalue weighted by Gasteiger charge is 2.24. The van der Waals surface area contributed by atoms with Crippen molar-refractivity contribution >= 4 is 11.8 Å². The summed E-state index contributed by atoms with van der Waals surface area (Å²) < 4.78 is 5.13. The predicted octanol–water partition coefficient (Wildman–Crippen LogP) is -3.48. The number of morpholine rings is 1. The number of aromatic amines is 2. The molecule has 0 aliphatic carbocycles. The Morgan fingerprint density at radius 2 is 2.04 bits per heavy atom. The maximum atomic E-state index is 12.0. The molecule has 1 aromatic heterocycles. The zero-order valence-corrected chi connectivity index (χ0v) is 12.1. The van der Waals surface area contributed by atoms with Crippen LogP contribution in [0.4, 0.5) is 0 Å². The molecule has 1 saturated heterocycles. The molecule has 0 spiro atoms. The maximum Gasteiger partial charge on any atom is 0.325 e. The Morgan fingerprint density at radius 1 is 1.35 bits per heavy atom. The maximum absolute atomic E-state index is 12.0. The molecule has 1 aromatic rings. The highest BCUT2D eigenvalue weighted by atomic mass is 16.5. The highest BCUT2D eigenvalue weighted by molar-refractivity contribution is 5.96. The van der Waals surface area contributed by atoms with E-state index in [1.165, 1.54) is 0 Å². The van der Waals surface area contributed by atoms with Gasteiger partial charge in [-0.2, -0.15) is 0 Å². The van der Waals surface area contributed by atoms with Crippen LogP contribution in [-0.4, -0.2) is 70.8 Å². The van der Waals surface area contributed by atoms with Gasteiger partial charge in [0.1, 0.15) is 11.6 Å². The Bertz CT molecular complexity index is 677.